The van der Waals surface area contributed by atoms with Crippen LogP contribution in [0.5, 0.6) is 0 Å². The highest BCUT2D eigenvalue weighted by Gasteiger charge is 2.41. The molecule has 0 aliphatic carbocycles. The molecule has 3 saturated heterocycles. The van der Waals surface area contributed by atoms with E-state index in [-0.39, 0.29) is 6.61 Å². The Hall–Kier alpha value is -2.17. The van der Waals surface area contributed by atoms with Crippen LogP contribution in [-0.4, -0.2) is 45.5 Å². The molecule has 26 heavy (non-hydrogen) atoms. The Labute approximate surface area is 154 Å². The van der Waals surface area contributed by atoms with Crippen LogP contribution in [0.15, 0.2) is 48.5 Å². The Morgan fingerprint density at radius 1 is 1.12 bits per heavy atom. The van der Waals surface area contributed by atoms with E-state index in [0.717, 1.165) is 25.2 Å². The molecule has 1 N–H and O–H groups in total. The van der Waals surface area contributed by atoms with Crippen LogP contribution in [0.2, 0.25) is 0 Å². The summed E-state index contributed by atoms with van der Waals surface area (Å²) in [7, 11) is 2.07. The van der Waals surface area contributed by atoms with Crippen molar-refractivity contribution in [3.8, 4) is 11.3 Å². The lowest BCUT2D eigenvalue weighted by Crippen LogP contribution is -2.53. The molecule has 2 aromatic carbocycles. The number of aromatic nitrogens is 2. The third-order valence-electron chi connectivity index (χ3n) is 6.43. The van der Waals surface area contributed by atoms with Crippen molar-refractivity contribution in [1.29, 1.82) is 0 Å². The number of aryl methyl sites for hydroxylation is 1. The van der Waals surface area contributed by atoms with Gasteiger partial charge in [-0.05, 0) is 48.2 Å². The second-order valence-electron chi connectivity index (χ2n) is 7.86. The largest absolute Gasteiger partial charge is 0.395 e. The van der Waals surface area contributed by atoms with Crippen molar-refractivity contribution >= 4 is 10.8 Å². The van der Waals surface area contributed by atoms with Gasteiger partial charge in [-0.3, -0.25) is 9.58 Å². The Bertz CT molecular complexity index is 947. The van der Waals surface area contributed by atoms with Crippen molar-refractivity contribution < 1.29 is 5.11 Å². The molecule has 0 amide bonds. The van der Waals surface area contributed by atoms with Crippen molar-refractivity contribution in [1.82, 2.24) is 14.7 Å². The zero-order valence-corrected chi connectivity index (χ0v) is 15.2. The molecule has 1 aromatic heterocycles. The standard InChI is InChI=1S/C22H25N3O/c1-24-22(20-13-25-9-8-17(20)11-19(25)14-26)12-21(23-24)18-7-6-15-4-2-3-5-16(15)10-18/h2-7,10,12,17,19-20,26H,8-9,11,13-14H2,1H3/t17-,19+,20-/m0/s1. The molecule has 134 valence electrons. The molecule has 3 fully saturated rings. The second-order valence-corrected chi connectivity index (χ2v) is 7.86. The van der Waals surface area contributed by atoms with Gasteiger partial charge in [-0.1, -0.05) is 36.4 Å². The number of aliphatic hydroxyl groups is 1. The van der Waals surface area contributed by atoms with Crippen molar-refractivity contribution in [3.63, 3.8) is 0 Å². The monoisotopic (exact) mass is 347 g/mol. The maximum absolute atomic E-state index is 9.60. The van der Waals surface area contributed by atoms with Crippen LogP contribution in [0.1, 0.15) is 24.5 Å². The van der Waals surface area contributed by atoms with Gasteiger partial charge in [0.1, 0.15) is 0 Å². The molecule has 4 nitrogen and oxygen atoms in total. The smallest absolute Gasteiger partial charge is 0.0926 e. The number of fused-ring (bicyclic) bond motifs is 4. The number of hydrogen-bond acceptors (Lipinski definition) is 3. The predicted molar refractivity (Wildman–Crippen MR) is 104 cm³/mol. The molecule has 0 saturated carbocycles. The molecule has 3 aliphatic heterocycles. The minimum absolute atomic E-state index is 0.289. The summed E-state index contributed by atoms with van der Waals surface area (Å²) >= 11 is 0. The van der Waals surface area contributed by atoms with Crippen LogP contribution < -0.4 is 0 Å². The number of piperidine rings is 3. The average molecular weight is 347 g/mol. The molecule has 4 atom stereocenters. The van der Waals surface area contributed by atoms with Crippen LogP contribution in [0.3, 0.4) is 0 Å². The molecule has 1 unspecified atom stereocenters. The van der Waals surface area contributed by atoms with E-state index in [1.807, 2.05) is 0 Å². The fraction of sp³-hybridized carbons (Fsp3) is 0.409. The molecule has 3 aromatic rings. The average Bonchev–Trinajstić information content (AvgIpc) is 3.09. The fourth-order valence-electron chi connectivity index (χ4n) is 4.98. The van der Waals surface area contributed by atoms with Crippen LogP contribution in [0.4, 0.5) is 0 Å². The highest BCUT2D eigenvalue weighted by molar-refractivity contribution is 5.86. The Morgan fingerprint density at radius 3 is 2.73 bits per heavy atom. The quantitative estimate of drug-likeness (QED) is 0.789. The molecule has 6 rings (SSSR count). The number of rotatable bonds is 3. The molecule has 3 aliphatic rings. The first kappa shape index (κ1) is 16.0. The van der Waals surface area contributed by atoms with E-state index in [4.69, 9.17) is 5.10 Å². The van der Waals surface area contributed by atoms with Crippen LogP contribution in [0, 0.1) is 5.92 Å². The molecule has 0 radical (unpaired) electrons. The number of nitrogens with zero attached hydrogens (tertiary/aromatic N) is 3. The third-order valence-corrected chi connectivity index (χ3v) is 6.43. The summed E-state index contributed by atoms with van der Waals surface area (Å²) in [6, 6.07) is 17.7. The number of aliphatic hydroxyl groups excluding tert-OH is 1. The predicted octanol–water partition coefficient (Wildman–Crippen LogP) is 3.41. The lowest BCUT2D eigenvalue weighted by molar-refractivity contribution is 0.00105. The van der Waals surface area contributed by atoms with E-state index in [1.54, 1.807) is 0 Å². The van der Waals surface area contributed by atoms with Crippen molar-refractivity contribution in [2.75, 3.05) is 19.7 Å². The van der Waals surface area contributed by atoms with E-state index in [0.29, 0.717) is 17.9 Å². The van der Waals surface area contributed by atoms with E-state index in [1.165, 1.54) is 28.5 Å². The van der Waals surface area contributed by atoms with Crippen molar-refractivity contribution in [2.24, 2.45) is 13.0 Å². The topological polar surface area (TPSA) is 41.3 Å². The molecular formula is C22H25N3O. The molecule has 4 heterocycles. The molecular weight excluding hydrogens is 322 g/mol. The Morgan fingerprint density at radius 2 is 1.96 bits per heavy atom. The lowest BCUT2D eigenvalue weighted by Gasteiger charge is -2.49. The van der Waals surface area contributed by atoms with E-state index in [9.17, 15) is 5.11 Å². The summed E-state index contributed by atoms with van der Waals surface area (Å²) in [4.78, 5) is 2.47. The van der Waals surface area contributed by atoms with E-state index in [2.05, 4.69) is 65.2 Å². The van der Waals surface area contributed by atoms with Crippen LogP contribution in [-0.2, 0) is 7.05 Å². The van der Waals surface area contributed by atoms with Gasteiger partial charge < -0.3 is 5.11 Å². The summed E-state index contributed by atoms with van der Waals surface area (Å²) in [5, 5.41) is 17.0. The maximum Gasteiger partial charge on any atom is 0.0926 e. The molecule has 2 bridgehead atoms. The van der Waals surface area contributed by atoms with Crippen molar-refractivity contribution in [3.05, 3.63) is 54.2 Å². The zero-order chi connectivity index (χ0) is 17.7. The minimum atomic E-state index is 0.289. The lowest BCUT2D eigenvalue weighted by atomic mass is 9.74. The first-order valence-corrected chi connectivity index (χ1v) is 9.61. The Balaban J connectivity index is 1.48. The minimum Gasteiger partial charge on any atom is -0.395 e. The molecule has 0 spiro atoms. The van der Waals surface area contributed by atoms with E-state index >= 15 is 0 Å². The van der Waals surface area contributed by atoms with Gasteiger partial charge in [0.15, 0.2) is 0 Å². The summed E-state index contributed by atoms with van der Waals surface area (Å²) in [5.41, 5.74) is 3.57. The van der Waals surface area contributed by atoms with Gasteiger partial charge in [0.05, 0.1) is 12.3 Å². The Kier molecular flexibility index (Phi) is 3.84. The summed E-state index contributed by atoms with van der Waals surface area (Å²) in [5.74, 6) is 1.19. The van der Waals surface area contributed by atoms with E-state index < -0.39 is 0 Å². The second kappa shape index (κ2) is 6.22. The fourth-order valence-corrected chi connectivity index (χ4v) is 4.98. The van der Waals surface area contributed by atoms with Crippen molar-refractivity contribution in [2.45, 2.75) is 24.8 Å². The number of hydrogen-bond donors (Lipinski definition) is 1. The first-order valence-electron chi connectivity index (χ1n) is 9.61. The van der Waals surface area contributed by atoms with Gasteiger partial charge in [0, 0.05) is 36.8 Å². The van der Waals surface area contributed by atoms with Gasteiger partial charge >= 0.3 is 0 Å². The number of benzene rings is 2. The van der Waals surface area contributed by atoms with Gasteiger partial charge in [0.25, 0.3) is 0 Å². The van der Waals surface area contributed by atoms with Crippen LogP contribution in [0.25, 0.3) is 22.0 Å². The highest BCUT2D eigenvalue weighted by atomic mass is 16.3. The summed E-state index contributed by atoms with van der Waals surface area (Å²) in [6.07, 6.45) is 2.34. The molecule has 4 heteroatoms. The maximum atomic E-state index is 9.60. The van der Waals surface area contributed by atoms with Gasteiger partial charge in [-0.25, -0.2) is 0 Å². The summed E-state index contributed by atoms with van der Waals surface area (Å²) in [6.45, 7) is 2.46. The normalized spacial score (nSPS) is 27.9. The highest BCUT2D eigenvalue weighted by Crippen LogP contribution is 2.42. The van der Waals surface area contributed by atoms with Gasteiger partial charge in [0.2, 0.25) is 0 Å². The zero-order valence-electron chi connectivity index (χ0n) is 15.2. The summed E-state index contributed by atoms with van der Waals surface area (Å²) < 4.78 is 2.07. The van der Waals surface area contributed by atoms with Gasteiger partial charge in [-0.2, -0.15) is 5.10 Å². The van der Waals surface area contributed by atoms with Gasteiger partial charge in [-0.15, -0.1) is 0 Å². The SMILES string of the molecule is Cn1nc(-c2ccc3ccccc3c2)cc1[C@H]1CN2CC[C@H]1C[C@@H]2CO. The third kappa shape index (κ3) is 2.56. The first-order chi connectivity index (χ1) is 12.7. The van der Waals surface area contributed by atoms with Crippen LogP contribution >= 0.6 is 0 Å².